The summed E-state index contributed by atoms with van der Waals surface area (Å²) in [4.78, 5) is 64.9. The molecule has 4 saturated heterocycles. The average molecular weight is 1260 g/mol. The van der Waals surface area contributed by atoms with Crippen molar-refractivity contribution in [2.24, 2.45) is 7.05 Å². The number of fused-ring (bicyclic) bond motifs is 4. The number of likely N-dealkylation sites (tertiary alicyclic amines) is 2. The lowest BCUT2D eigenvalue weighted by Gasteiger charge is -2.42. The van der Waals surface area contributed by atoms with Crippen LogP contribution in [-0.2, 0) is 42.6 Å². The van der Waals surface area contributed by atoms with Gasteiger partial charge in [0.25, 0.3) is 6.43 Å². The van der Waals surface area contributed by atoms with E-state index in [9.17, 15) is 28.9 Å². The number of rotatable bonds is 17. The smallest absolute Gasteiger partial charge is 0.318 e. The predicted octanol–water partition coefficient (Wildman–Crippen LogP) is 8.78. The standard InChI is InChI=1S/C71H80F2N16O4/c1-46-10-6-12-49-13-8-16-61(66(46)49)84-30-25-57-59(42-84)78-71(80-69(57)86-32-34-88(51(40-86)23-27-74)64(90)21-17-48-37-76-83(5)38-48)93-45-54-36-50(39-82(54)4)55-18-19-62(67-47(2)11-7-15-56(55)67)85-31-26-58-60(43-85)77-70(92-44-53-14-9-29-81(53)3)79-68(58)87-33-35-89(52(41-87)24-28-75)65(91)22-20-63(72)73/h6-8,10-13,15-22,37-38,50-54,63H,9,14,23-26,29-36,39-45H2,1-5H3/b21-17+,22-20+/t50?,51-,52-,53-,54-/m0/s1. The van der Waals surface area contributed by atoms with Crippen LogP contribution in [0, 0.1) is 36.5 Å². The fourth-order valence-electron chi connectivity index (χ4n) is 15.1. The van der Waals surface area contributed by atoms with E-state index in [0.717, 1.165) is 90.4 Å². The number of likely N-dealkylation sites (N-methyl/N-ethyl adjacent to an activating group) is 2. The number of benzene rings is 4. The highest BCUT2D eigenvalue weighted by atomic mass is 19.3. The topological polar surface area (TPSA) is 195 Å². The van der Waals surface area contributed by atoms with E-state index in [4.69, 9.17) is 29.4 Å². The summed E-state index contributed by atoms with van der Waals surface area (Å²) in [6.45, 7) is 11.9. The molecule has 9 heterocycles. The highest BCUT2D eigenvalue weighted by Gasteiger charge is 2.38. The molecule has 0 aliphatic carbocycles. The minimum atomic E-state index is -2.76. The Kier molecular flexibility index (Phi) is 18.3. The van der Waals surface area contributed by atoms with Crippen LogP contribution in [0.5, 0.6) is 12.0 Å². The number of allylic oxidation sites excluding steroid dienone is 1. The molecule has 6 aliphatic rings. The highest BCUT2D eigenvalue weighted by molar-refractivity contribution is 6.00. The molecule has 4 fully saturated rings. The van der Waals surface area contributed by atoms with Crippen molar-refractivity contribution in [3.8, 4) is 24.2 Å². The number of carbonyl (C=O) groups is 2. The zero-order valence-corrected chi connectivity index (χ0v) is 53.7. The van der Waals surface area contributed by atoms with Gasteiger partial charge in [-0.25, -0.2) is 8.78 Å². The maximum Gasteiger partial charge on any atom is 0.318 e. The van der Waals surface area contributed by atoms with Crippen LogP contribution in [0.4, 0.5) is 31.8 Å². The van der Waals surface area contributed by atoms with Gasteiger partial charge in [-0.05, 0) is 124 Å². The summed E-state index contributed by atoms with van der Waals surface area (Å²) in [6.07, 6.45) is 10.2. The Morgan fingerprint density at radius 3 is 1.83 bits per heavy atom. The lowest BCUT2D eigenvalue weighted by Crippen LogP contribution is -2.55. The first-order valence-corrected chi connectivity index (χ1v) is 32.6. The number of nitrogens with zero attached hydrogens (tertiary/aromatic N) is 16. The molecular weight excluding hydrogens is 1180 g/mol. The van der Waals surface area contributed by atoms with Crippen molar-refractivity contribution in [1.82, 2.24) is 49.3 Å². The van der Waals surface area contributed by atoms with Crippen LogP contribution in [0.2, 0.25) is 0 Å². The van der Waals surface area contributed by atoms with Crippen LogP contribution in [0.25, 0.3) is 27.6 Å². The number of nitriles is 2. The number of carbonyl (C=O) groups excluding carboxylic acids is 2. The van der Waals surface area contributed by atoms with E-state index in [1.807, 2.05) is 18.1 Å². The van der Waals surface area contributed by atoms with Gasteiger partial charge in [-0.15, -0.1) is 0 Å². The molecule has 3 aromatic heterocycles. The van der Waals surface area contributed by atoms with E-state index in [2.05, 4.69) is 141 Å². The number of aromatic nitrogens is 6. The summed E-state index contributed by atoms with van der Waals surface area (Å²) in [5.41, 5.74) is 10.6. The molecule has 7 aromatic rings. The summed E-state index contributed by atoms with van der Waals surface area (Å²) in [5, 5.41) is 29.1. The molecule has 0 N–H and O–H groups in total. The summed E-state index contributed by atoms with van der Waals surface area (Å²) in [6, 6.07) is 28.7. The zero-order chi connectivity index (χ0) is 64.4. The molecule has 1 unspecified atom stereocenters. The minimum absolute atomic E-state index is 0.0424. The van der Waals surface area contributed by atoms with Gasteiger partial charge in [0.15, 0.2) is 0 Å². The quantitative estimate of drug-likeness (QED) is 0.0784. The number of amides is 2. The Bertz CT molecular complexity index is 4100. The SMILES string of the molecule is Cc1cccc2cccc(N3CCc4c(nc(OC[C@@H]5CC(c6ccc(N7CCc8c(nc(OC[C@@H]9CCCN9C)nc8N8CCN(C(=O)/C=C/C(F)F)[C@@H](CC#N)C8)C7)c7c(C)cccc67)CN5C)nc4N4CCN(C(=O)/C=C/c5cnn(C)c5)[C@@H](CC#N)C4)C3)c12. The van der Waals surface area contributed by atoms with Crippen molar-refractivity contribution in [1.29, 1.82) is 10.5 Å². The van der Waals surface area contributed by atoms with Crippen LogP contribution in [0.1, 0.15) is 82.8 Å². The molecule has 0 bridgehead atoms. The Morgan fingerprint density at radius 1 is 0.645 bits per heavy atom. The third kappa shape index (κ3) is 13.1. The fraction of sp³-hybridized carbons (Fsp3) is 0.451. The second-order valence-electron chi connectivity index (χ2n) is 25.9. The monoisotopic (exact) mass is 1260 g/mol. The van der Waals surface area contributed by atoms with Crippen molar-refractivity contribution < 1.29 is 27.8 Å². The number of hydrogen-bond acceptors (Lipinski definition) is 17. The zero-order valence-electron chi connectivity index (χ0n) is 53.7. The van der Waals surface area contributed by atoms with Crippen molar-refractivity contribution in [2.45, 2.75) is 108 Å². The van der Waals surface area contributed by atoms with Gasteiger partial charge in [0, 0.05) is 135 Å². The number of piperazine rings is 2. The molecule has 20 nitrogen and oxygen atoms in total. The Hall–Kier alpha value is -9.25. The van der Waals surface area contributed by atoms with Crippen LogP contribution >= 0.6 is 0 Å². The molecule has 6 aliphatic heterocycles. The lowest BCUT2D eigenvalue weighted by molar-refractivity contribution is -0.129. The van der Waals surface area contributed by atoms with Crippen LogP contribution in [0.15, 0.2) is 97.4 Å². The Morgan fingerprint density at radius 2 is 1.24 bits per heavy atom. The molecule has 482 valence electrons. The summed E-state index contributed by atoms with van der Waals surface area (Å²) in [7, 11) is 6.12. The molecule has 13 rings (SSSR count). The van der Waals surface area contributed by atoms with E-state index in [1.54, 1.807) is 23.0 Å². The molecule has 2 amide bonds. The van der Waals surface area contributed by atoms with Gasteiger partial charge >= 0.3 is 12.0 Å². The molecule has 5 atom stereocenters. The van der Waals surface area contributed by atoms with Crippen LogP contribution < -0.4 is 29.1 Å². The second-order valence-corrected chi connectivity index (χ2v) is 25.9. The van der Waals surface area contributed by atoms with E-state index in [-0.39, 0.29) is 49.3 Å². The molecular formula is C71H80F2N16O4. The van der Waals surface area contributed by atoms with Gasteiger partial charge in [-0.3, -0.25) is 19.2 Å². The van der Waals surface area contributed by atoms with Gasteiger partial charge in [-0.1, -0.05) is 54.6 Å². The highest BCUT2D eigenvalue weighted by Crippen LogP contribution is 2.43. The van der Waals surface area contributed by atoms with E-state index >= 15 is 0 Å². The third-order valence-corrected chi connectivity index (χ3v) is 20.0. The van der Waals surface area contributed by atoms with E-state index in [0.29, 0.717) is 96.5 Å². The number of halogens is 2. The molecule has 22 heteroatoms. The van der Waals surface area contributed by atoms with Gasteiger partial charge in [0.1, 0.15) is 24.8 Å². The molecule has 93 heavy (non-hydrogen) atoms. The maximum absolute atomic E-state index is 13.8. The molecule has 0 saturated carbocycles. The number of ether oxygens (including phenoxy) is 2. The Labute approximate surface area is 541 Å². The average Bonchev–Trinajstić information content (AvgIpc) is 1.49. The van der Waals surface area contributed by atoms with Gasteiger partial charge in [0.2, 0.25) is 11.8 Å². The first-order chi connectivity index (χ1) is 45.2. The van der Waals surface area contributed by atoms with Crippen molar-refractivity contribution in [2.75, 3.05) is 112 Å². The number of alkyl halides is 2. The molecule has 0 radical (unpaired) electrons. The molecule has 0 spiro atoms. The van der Waals surface area contributed by atoms with Gasteiger partial charge in [-0.2, -0.15) is 35.6 Å². The van der Waals surface area contributed by atoms with Crippen molar-refractivity contribution in [3.05, 3.63) is 142 Å². The second kappa shape index (κ2) is 27.1. The lowest BCUT2D eigenvalue weighted by atomic mass is 9.89. The minimum Gasteiger partial charge on any atom is -0.462 e. The number of anilines is 4. The van der Waals surface area contributed by atoms with Crippen molar-refractivity contribution in [3.63, 3.8) is 0 Å². The number of aryl methyl sites for hydroxylation is 3. The Balaban J connectivity index is 0.752. The van der Waals surface area contributed by atoms with Gasteiger partial charge in [0.05, 0.1) is 67.7 Å². The van der Waals surface area contributed by atoms with E-state index < -0.39 is 18.4 Å². The predicted molar refractivity (Wildman–Crippen MR) is 355 cm³/mol. The summed E-state index contributed by atoms with van der Waals surface area (Å²) < 4.78 is 41.3. The first kappa shape index (κ1) is 62.6. The van der Waals surface area contributed by atoms with Gasteiger partial charge < -0.3 is 43.8 Å². The summed E-state index contributed by atoms with van der Waals surface area (Å²) >= 11 is 0. The largest absolute Gasteiger partial charge is 0.462 e. The third-order valence-electron chi connectivity index (χ3n) is 20.0. The number of hydrogen-bond donors (Lipinski definition) is 0. The maximum atomic E-state index is 13.8. The fourth-order valence-corrected chi connectivity index (χ4v) is 15.1. The molecule has 4 aromatic carbocycles. The van der Waals surface area contributed by atoms with Crippen molar-refractivity contribution >= 4 is 62.4 Å². The normalized spacial score (nSPS) is 21.3. The summed E-state index contributed by atoms with van der Waals surface area (Å²) in [5.74, 6) is 1.05. The van der Waals surface area contributed by atoms with E-state index in [1.165, 1.54) is 48.8 Å². The first-order valence-electron chi connectivity index (χ1n) is 32.6. The van der Waals surface area contributed by atoms with Crippen LogP contribution in [-0.4, -0.2) is 184 Å². The van der Waals surface area contributed by atoms with Crippen LogP contribution in [0.3, 0.4) is 0 Å².